The topological polar surface area (TPSA) is 84.2 Å². The van der Waals surface area contributed by atoms with Crippen molar-refractivity contribution in [1.29, 1.82) is 0 Å². The third-order valence-corrected chi connectivity index (χ3v) is 1.70. The molecule has 0 fully saturated rings. The van der Waals surface area contributed by atoms with Gasteiger partial charge in [0.1, 0.15) is 6.04 Å². The second-order valence-electron chi connectivity index (χ2n) is 3.11. The second-order valence-corrected chi connectivity index (χ2v) is 3.11. The van der Waals surface area contributed by atoms with Crippen LogP contribution in [0.1, 0.15) is 13.8 Å². The van der Waals surface area contributed by atoms with Gasteiger partial charge >= 0.3 is 0 Å². The normalized spacial score (nSPS) is 12.4. The zero-order valence-corrected chi connectivity index (χ0v) is 8.26. The average Bonchev–Trinajstić information content (AvgIpc) is 2.11. The van der Waals surface area contributed by atoms with Crippen molar-refractivity contribution in [3.05, 3.63) is 0 Å². The SMILES string of the molecule is CNC(=O)C(NC(=O)CN)C(C)C. The fourth-order valence-electron chi connectivity index (χ4n) is 0.923. The first-order valence-electron chi connectivity index (χ1n) is 4.24. The Labute approximate surface area is 78.1 Å². The molecule has 0 spiro atoms. The molecule has 0 aromatic heterocycles. The Bertz CT molecular complexity index is 192. The van der Waals surface area contributed by atoms with Gasteiger partial charge in [-0.2, -0.15) is 0 Å². The number of hydrogen-bond acceptors (Lipinski definition) is 3. The van der Waals surface area contributed by atoms with Gasteiger partial charge < -0.3 is 16.4 Å². The fourth-order valence-corrected chi connectivity index (χ4v) is 0.923. The van der Waals surface area contributed by atoms with Gasteiger partial charge in [-0.1, -0.05) is 13.8 Å². The molecule has 0 aromatic carbocycles. The van der Waals surface area contributed by atoms with Crippen molar-refractivity contribution in [2.24, 2.45) is 11.7 Å². The van der Waals surface area contributed by atoms with Crippen LogP contribution in [-0.4, -0.2) is 31.4 Å². The average molecular weight is 187 g/mol. The summed E-state index contributed by atoms with van der Waals surface area (Å²) < 4.78 is 0. The van der Waals surface area contributed by atoms with Crippen molar-refractivity contribution in [1.82, 2.24) is 10.6 Å². The first-order valence-corrected chi connectivity index (χ1v) is 4.24. The third-order valence-electron chi connectivity index (χ3n) is 1.70. The fraction of sp³-hybridized carbons (Fsp3) is 0.750. The van der Waals surface area contributed by atoms with Crippen LogP contribution in [0.2, 0.25) is 0 Å². The molecule has 0 heterocycles. The number of hydrogen-bond donors (Lipinski definition) is 3. The van der Waals surface area contributed by atoms with Crippen LogP contribution in [0.5, 0.6) is 0 Å². The summed E-state index contributed by atoms with van der Waals surface area (Å²) >= 11 is 0. The van der Waals surface area contributed by atoms with Gasteiger partial charge in [-0.05, 0) is 5.92 Å². The molecule has 5 nitrogen and oxygen atoms in total. The van der Waals surface area contributed by atoms with E-state index in [9.17, 15) is 9.59 Å². The van der Waals surface area contributed by atoms with Gasteiger partial charge in [0.25, 0.3) is 0 Å². The van der Waals surface area contributed by atoms with E-state index in [-0.39, 0.29) is 24.3 Å². The first-order chi connectivity index (χ1) is 6.02. The van der Waals surface area contributed by atoms with Crippen molar-refractivity contribution in [2.45, 2.75) is 19.9 Å². The van der Waals surface area contributed by atoms with Crippen LogP contribution in [0.15, 0.2) is 0 Å². The molecule has 0 rings (SSSR count). The number of carbonyl (C=O) groups excluding carboxylic acids is 2. The van der Waals surface area contributed by atoms with Crippen molar-refractivity contribution in [3.8, 4) is 0 Å². The summed E-state index contributed by atoms with van der Waals surface area (Å²) in [5.41, 5.74) is 5.12. The van der Waals surface area contributed by atoms with Crippen molar-refractivity contribution in [3.63, 3.8) is 0 Å². The van der Waals surface area contributed by atoms with Crippen LogP contribution in [0.25, 0.3) is 0 Å². The lowest BCUT2D eigenvalue weighted by atomic mass is 10.0. The molecule has 0 bridgehead atoms. The Morgan fingerprint density at radius 3 is 2.23 bits per heavy atom. The molecule has 1 atom stereocenters. The first kappa shape index (κ1) is 11.9. The van der Waals surface area contributed by atoms with E-state index in [1.54, 1.807) is 0 Å². The molecule has 0 radical (unpaired) electrons. The van der Waals surface area contributed by atoms with E-state index in [0.717, 1.165) is 0 Å². The van der Waals surface area contributed by atoms with E-state index < -0.39 is 6.04 Å². The smallest absolute Gasteiger partial charge is 0.242 e. The van der Waals surface area contributed by atoms with Crippen molar-refractivity contribution < 1.29 is 9.59 Å². The quantitative estimate of drug-likeness (QED) is 0.518. The second kappa shape index (κ2) is 5.53. The Balaban J connectivity index is 4.26. The van der Waals surface area contributed by atoms with Crippen LogP contribution >= 0.6 is 0 Å². The summed E-state index contributed by atoms with van der Waals surface area (Å²) in [5.74, 6) is -0.463. The molecule has 0 aliphatic heterocycles. The number of carbonyl (C=O) groups is 2. The van der Waals surface area contributed by atoms with Crippen LogP contribution < -0.4 is 16.4 Å². The van der Waals surface area contributed by atoms with E-state index in [1.807, 2.05) is 13.8 Å². The molecular weight excluding hydrogens is 170 g/mol. The van der Waals surface area contributed by atoms with E-state index in [2.05, 4.69) is 10.6 Å². The number of likely N-dealkylation sites (N-methyl/N-ethyl adjacent to an activating group) is 1. The van der Waals surface area contributed by atoms with Crippen molar-refractivity contribution in [2.75, 3.05) is 13.6 Å². The highest BCUT2D eigenvalue weighted by molar-refractivity contribution is 5.88. The molecule has 0 saturated carbocycles. The Kier molecular flexibility index (Phi) is 5.06. The number of rotatable bonds is 4. The monoisotopic (exact) mass is 187 g/mol. The molecule has 13 heavy (non-hydrogen) atoms. The van der Waals surface area contributed by atoms with E-state index in [1.165, 1.54) is 7.05 Å². The Morgan fingerprint density at radius 2 is 1.92 bits per heavy atom. The van der Waals surface area contributed by atoms with Gasteiger partial charge in [-0.3, -0.25) is 9.59 Å². The van der Waals surface area contributed by atoms with Gasteiger partial charge in [-0.25, -0.2) is 0 Å². The maximum atomic E-state index is 11.2. The lowest BCUT2D eigenvalue weighted by molar-refractivity contribution is -0.129. The maximum Gasteiger partial charge on any atom is 0.242 e. The standard InChI is InChI=1S/C8H17N3O2/c1-5(2)7(8(13)10-3)11-6(12)4-9/h5,7H,4,9H2,1-3H3,(H,10,13)(H,11,12). The highest BCUT2D eigenvalue weighted by Gasteiger charge is 2.22. The van der Waals surface area contributed by atoms with Crippen LogP contribution in [0.3, 0.4) is 0 Å². The molecule has 76 valence electrons. The number of nitrogens with two attached hydrogens (primary N) is 1. The minimum atomic E-state index is -0.499. The van der Waals surface area contributed by atoms with Crippen LogP contribution in [-0.2, 0) is 9.59 Å². The molecule has 4 N–H and O–H groups in total. The lowest BCUT2D eigenvalue weighted by Gasteiger charge is -2.20. The summed E-state index contributed by atoms with van der Waals surface area (Å²) in [6, 6.07) is -0.499. The van der Waals surface area contributed by atoms with Crippen LogP contribution in [0.4, 0.5) is 0 Å². The summed E-state index contributed by atoms with van der Waals surface area (Å²) in [5, 5.41) is 5.02. The molecule has 0 aromatic rings. The van der Waals surface area contributed by atoms with Gasteiger partial charge in [0.05, 0.1) is 6.54 Å². The maximum absolute atomic E-state index is 11.2. The largest absolute Gasteiger partial charge is 0.357 e. The van der Waals surface area contributed by atoms with E-state index >= 15 is 0 Å². The molecular formula is C8H17N3O2. The van der Waals surface area contributed by atoms with Crippen LogP contribution in [0, 0.1) is 5.92 Å². The van der Waals surface area contributed by atoms with E-state index in [0.29, 0.717) is 0 Å². The summed E-state index contributed by atoms with van der Waals surface area (Å²) in [4.78, 5) is 22.2. The van der Waals surface area contributed by atoms with E-state index in [4.69, 9.17) is 5.73 Å². The molecule has 5 heteroatoms. The number of amides is 2. The van der Waals surface area contributed by atoms with Gasteiger partial charge in [-0.15, -0.1) is 0 Å². The van der Waals surface area contributed by atoms with Crippen molar-refractivity contribution >= 4 is 11.8 Å². The minimum Gasteiger partial charge on any atom is -0.357 e. The minimum absolute atomic E-state index is 0.0513. The van der Waals surface area contributed by atoms with Gasteiger partial charge in [0.2, 0.25) is 11.8 Å². The highest BCUT2D eigenvalue weighted by atomic mass is 16.2. The summed E-state index contributed by atoms with van der Waals surface area (Å²) in [7, 11) is 1.53. The molecule has 0 saturated heterocycles. The molecule has 0 aliphatic carbocycles. The highest BCUT2D eigenvalue weighted by Crippen LogP contribution is 2.00. The summed E-state index contributed by atoms with van der Waals surface area (Å²) in [6.45, 7) is 3.62. The van der Waals surface area contributed by atoms with Gasteiger partial charge in [0.15, 0.2) is 0 Å². The Morgan fingerprint density at radius 1 is 1.38 bits per heavy atom. The Hall–Kier alpha value is -1.10. The lowest BCUT2D eigenvalue weighted by Crippen LogP contribution is -2.50. The predicted octanol–water partition coefficient (Wildman–Crippen LogP) is -1.17. The zero-order chi connectivity index (χ0) is 10.4. The summed E-state index contributed by atoms with van der Waals surface area (Å²) in [6.07, 6.45) is 0. The zero-order valence-electron chi connectivity index (χ0n) is 8.26. The number of nitrogens with one attached hydrogen (secondary N) is 2. The molecule has 1 unspecified atom stereocenters. The predicted molar refractivity (Wildman–Crippen MR) is 49.9 cm³/mol. The molecule has 2 amide bonds. The molecule has 0 aliphatic rings. The van der Waals surface area contributed by atoms with Gasteiger partial charge in [0, 0.05) is 7.05 Å². The third kappa shape index (κ3) is 3.89.